The Labute approximate surface area is 129 Å². The lowest BCUT2D eigenvalue weighted by Crippen LogP contribution is -2.31. The van der Waals surface area contributed by atoms with Crippen molar-refractivity contribution < 1.29 is 13.9 Å². The van der Waals surface area contributed by atoms with Crippen molar-refractivity contribution in [3.8, 4) is 11.1 Å². The quantitative estimate of drug-likeness (QED) is 0.761. The van der Waals surface area contributed by atoms with Crippen LogP contribution >= 0.6 is 0 Å². The van der Waals surface area contributed by atoms with Gasteiger partial charge in [-0.1, -0.05) is 48.9 Å². The number of carbonyl (C=O) groups excluding carboxylic acids is 1. The second-order valence-electron chi connectivity index (χ2n) is 5.69. The van der Waals surface area contributed by atoms with Crippen LogP contribution in [0.4, 0.5) is 4.39 Å². The van der Waals surface area contributed by atoms with E-state index in [1.54, 1.807) is 12.1 Å². The summed E-state index contributed by atoms with van der Waals surface area (Å²) in [5.41, 5.74) is 2.61. The highest BCUT2D eigenvalue weighted by atomic mass is 19.1. The Morgan fingerprint density at radius 2 is 1.55 bits per heavy atom. The smallest absolute Gasteiger partial charge is 0.338 e. The van der Waals surface area contributed by atoms with Crippen molar-refractivity contribution in [3.63, 3.8) is 0 Å². The van der Waals surface area contributed by atoms with E-state index in [-0.39, 0.29) is 0 Å². The van der Waals surface area contributed by atoms with Crippen LogP contribution in [0.25, 0.3) is 11.1 Å². The zero-order chi connectivity index (χ0) is 15.4. The Balaban J connectivity index is 1.68. The predicted molar refractivity (Wildman–Crippen MR) is 84.4 cm³/mol. The molecule has 2 atom stereocenters. The molecule has 3 rings (SSSR count). The maximum atomic E-state index is 13.7. The van der Waals surface area contributed by atoms with Crippen molar-refractivity contribution in [3.05, 3.63) is 60.2 Å². The van der Waals surface area contributed by atoms with Crippen LogP contribution in [0.5, 0.6) is 0 Å². The molecule has 22 heavy (non-hydrogen) atoms. The fourth-order valence-corrected chi connectivity index (χ4v) is 2.82. The molecule has 1 fully saturated rings. The predicted octanol–water partition coefficient (Wildman–Crippen LogP) is 4.79. The molecule has 0 N–H and O–H groups in total. The summed E-state index contributed by atoms with van der Waals surface area (Å²) in [6.07, 6.45) is 1.29. The van der Waals surface area contributed by atoms with Crippen molar-refractivity contribution in [1.82, 2.24) is 0 Å². The highest BCUT2D eigenvalue weighted by Gasteiger charge is 2.28. The first-order chi connectivity index (χ1) is 10.7. The molecule has 1 saturated carbocycles. The van der Waals surface area contributed by atoms with Crippen molar-refractivity contribution >= 4 is 5.97 Å². The molecule has 3 heteroatoms. The first kappa shape index (κ1) is 14.8. The lowest BCUT2D eigenvalue weighted by Gasteiger charge is -2.25. The molecule has 2 nitrogen and oxygen atoms in total. The van der Waals surface area contributed by atoms with E-state index in [9.17, 15) is 9.18 Å². The topological polar surface area (TPSA) is 26.3 Å². The van der Waals surface area contributed by atoms with Crippen LogP contribution in [0.2, 0.25) is 0 Å². The number of halogens is 1. The van der Waals surface area contributed by atoms with Crippen LogP contribution in [-0.4, -0.2) is 18.2 Å². The first-order valence-electron chi connectivity index (χ1n) is 7.74. The zero-order valence-corrected chi connectivity index (χ0v) is 12.4. The second-order valence-corrected chi connectivity index (χ2v) is 5.69. The summed E-state index contributed by atoms with van der Waals surface area (Å²) >= 11 is 0. The molecule has 0 heterocycles. The SMILES string of the molecule is O=C(O[C@@H]1CCCC[C@H]1F)c1ccc(-c2ccccc2)cc1. The molecule has 0 aromatic heterocycles. The molecule has 0 radical (unpaired) electrons. The van der Waals surface area contributed by atoms with Crippen molar-refractivity contribution in [2.45, 2.75) is 38.0 Å². The van der Waals surface area contributed by atoms with Gasteiger partial charge in [0.15, 0.2) is 0 Å². The Morgan fingerprint density at radius 1 is 0.909 bits per heavy atom. The summed E-state index contributed by atoms with van der Waals surface area (Å²) in [6, 6.07) is 17.2. The average molecular weight is 298 g/mol. The summed E-state index contributed by atoms with van der Waals surface area (Å²) < 4.78 is 19.1. The van der Waals surface area contributed by atoms with Crippen LogP contribution in [0.3, 0.4) is 0 Å². The molecular formula is C19H19FO2. The first-order valence-corrected chi connectivity index (χ1v) is 7.74. The van der Waals surface area contributed by atoms with Gasteiger partial charge in [-0.15, -0.1) is 0 Å². The minimum Gasteiger partial charge on any atom is -0.456 e. The van der Waals surface area contributed by atoms with E-state index in [2.05, 4.69) is 0 Å². The fraction of sp³-hybridized carbons (Fsp3) is 0.316. The molecular weight excluding hydrogens is 279 g/mol. The molecule has 0 aliphatic heterocycles. The minimum absolute atomic E-state index is 0.436. The second kappa shape index (κ2) is 6.73. The third-order valence-corrected chi connectivity index (χ3v) is 4.11. The molecule has 0 spiro atoms. The van der Waals surface area contributed by atoms with E-state index in [4.69, 9.17) is 4.74 Å². The Bertz CT molecular complexity index is 622. The van der Waals surface area contributed by atoms with E-state index in [1.165, 1.54) is 0 Å². The highest BCUT2D eigenvalue weighted by Crippen LogP contribution is 2.25. The molecule has 0 amide bonds. The van der Waals surface area contributed by atoms with E-state index >= 15 is 0 Å². The normalized spacial score (nSPS) is 21.3. The van der Waals surface area contributed by atoms with E-state index in [0.717, 1.165) is 24.0 Å². The molecule has 0 bridgehead atoms. The average Bonchev–Trinajstić information content (AvgIpc) is 2.58. The van der Waals surface area contributed by atoms with Crippen LogP contribution in [0.1, 0.15) is 36.0 Å². The minimum atomic E-state index is -1.03. The zero-order valence-electron chi connectivity index (χ0n) is 12.4. The van der Waals surface area contributed by atoms with E-state index in [0.29, 0.717) is 18.4 Å². The number of rotatable bonds is 3. The van der Waals surface area contributed by atoms with E-state index < -0.39 is 18.2 Å². The monoisotopic (exact) mass is 298 g/mol. The summed E-state index contributed by atoms with van der Waals surface area (Å²) in [6.45, 7) is 0. The number of benzene rings is 2. The Morgan fingerprint density at radius 3 is 2.23 bits per heavy atom. The Kier molecular flexibility index (Phi) is 4.52. The highest BCUT2D eigenvalue weighted by molar-refractivity contribution is 5.90. The molecule has 2 aromatic rings. The van der Waals surface area contributed by atoms with Gasteiger partial charge in [-0.2, -0.15) is 0 Å². The summed E-state index contributed by atoms with van der Waals surface area (Å²) in [4.78, 5) is 12.1. The molecule has 2 aromatic carbocycles. The molecule has 0 unspecified atom stereocenters. The molecule has 0 saturated heterocycles. The van der Waals surface area contributed by atoms with Gasteiger partial charge in [0.25, 0.3) is 0 Å². The van der Waals surface area contributed by atoms with Gasteiger partial charge in [-0.3, -0.25) is 0 Å². The fourth-order valence-electron chi connectivity index (χ4n) is 2.82. The van der Waals surface area contributed by atoms with Gasteiger partial charge < -0.3 is 4.74 Å². The molecule has 1 aliphatic rings. The number of ether oxygens (including phenoxy) is 1. The number of hydrogen-bond acceptors (Lipinski definition) is 2. The van der Waals surface area contributed by atoms with Gasteiger partial charge >= 0.3 is 5.97 Å². The van der Waals surface area contributed by atoms with Crippen molar-refractivity contribution in [1.29, 1.82) is 0 Å². The molecule has 114 valence electrons. The lowest BCUT2D eigenvalue weighted by molar-refractivity contribution is -0.00786. The van der Waals surface area contributed by atoms with Gasteiger partial charge in [0.2, 0.25) is 0 Å². The van der Waals surface area contributed by atoms with E-state index in [1.807, 2.05) is 42.5 Å². The van der Waals surface area contributed by atoms with Crippen LogP contribution in [0, 0.1) is 0 Å². The van der Waals surface area contributed by atoms with Gasteiger partial charge in [-0.05, 0) is 42.5 Å². The van der Waals surface area contributed by atoms with Crippen LogP contribution in [-0.2, 0) is 4.74 Å². The van der Waals surface area contributed by atoms with Crippen molar-refractivity contribution in [2.24, 2.45) is 0 Å². The van der Waals surface area contributed by atoms with Gasteiger partial charge in [0.05, 0.1) is 5.56 Å². The number of alkyl halides is 1. The number of esters is 1. The number of carbonyl (C=O) groups is 1. The molecule has 1 aliphatic carbocycles. The number of hydrogen-bond donors (Lipinski definition) is 0. The summed E-state index contributed by atoms with van der Waals surface area (Å²) in [7, 11) is 0. The lowest BCUT2D eigenvalue weighted by atomic mass is 9.96. The summed E-state index contributed by atoms with van der Waals surface area (Å²) in [5.74, 6) is -0.436. The van der Waals surface area contributed by atoms with Crippen LogP contribution < -0.4 is 0 Å². The largest absolute Gasteiger partial charge is 0.456 e. The van der Waals surface area contributed by atoms with Crippen LogP contribution in [0.15, 0.2) is 54.6 Å². The summed E-state index contributed by atoms with van der Waals surface area (Å²) in [5, 5.41) is 0. The maximum absolute atomic E-state index is 13.7. The maximum Gasteiger partial charge on any atom is 0.338 e. The van der Waals surface area contributed by atoms with Gasteiger partial charge in [-0.25, -0.2) is 9.18 Å². The standard InChI is InChI=1S/C19H19FO2/c20-17-8-4-5-9-18(17)22-19(21)16-12-10-15(11-13-16)14-6-2-1-3-7-14/h1-3,6-7,10-13,17-18H,4-5,8-9H2/t17-,18-/m1/s1. The van der Waals surface area contributed by atoms with Gasteiger partial charge in [0, 0.05) is 0 Å². The third-order valence-electron chi connectivity index (χ3n) is 4.11. The van der Waals surface area contributed by atoms with Crippen molar-refractivity contribution in [2.75, 3.05) is 0 Å². The Hall–Kier alpha value is -2.16. The third kappa shape index (κ3) is 3.35. The van der Waals surface area contributed by atoms with Gasteiger partial charge in [0.1, 0.15) is 12.3 Å².